The first kappa shape index (κ1) is 8.57. The summed E-state index contributed by atoms with van der Waals surface area (Å²) in [6.45, 7) is 4.31. The standard InChI is InChI=1S/C10H11ClN2/c1-6(2)9-5-13-10-8(9)3-7(11)4-12-10/h3-6H,1-2H3,(H,12,13). The van der Waals surface area contributed by atoms with E-state index in [4.69, 9.17) is 11.6 Å². The van der Waals surface area contributed by atoms with Gasteiger partial charge in [-0.1, -0.05) is 25.4 Å². The van der Waals surface area contributed by atoms with Gasteiger partial charge in [-0.15, -0.1) is 0 Å². The smallest absolute Gasteiger partial charge is 0.137 e. The average molecular weight is 195 g/mol. The van der Waals surface area contributed by atoms with Crippen LogP contribution in [0.4, 0.5) is 0 Å². The van der Waals surface area contributed by atoms with Crippen LogP contribution < -0.4 is 0 Å². The van der Waals surface area contributed by atoms with Crippen LogP contribution in [-0.2, 0) is 0 Å². The number of rotatable bonds is 1. The Kier molecular flexibility index (Phi) is 2.00. The zero-order valence-corrected chi connectivity index (χ0v) is 8.39. The van der Waals surface area contributed by atoms with E-state index in [-0.39, 0.29) is 0 Å². The summed E-state index contributed by atoms with van der Waals surface area (Å²) in [6, 6.07) is 1.95. The van der Waals surface area contributed by atoms with Crippen LogP contribution in [0.25, 0.3) is 11.0 Å². The molecule has 2 nitrogen and oxygen atoms in total. The molecule has 1 N–H and O–H groups in total. The van der Waals surface area contributed by atoms with Gasteiger partial charge in [0, 0.05) is 17.8 Å². The predicted octanol–water partition coefficient (Wildman–Crippen LogP) is 3.34. The number of hydrogen-bond acceptors (Lipinski definition) is 1. The van der Waals surface area contributed by atoms with Crippen LogP contribution in [0.2, 0.25) is 5.02 Å². The molecular formula is C10H11ClN2. The second kappa shape index (κ2) is 3.04. The Morgan fingerprint density at radius 3 is 2.92 bits per heavy atom. The molecule has 0 spiro atoms. The minimum atomic E-state index is 0.494. The maximum atomic E-state index is 5.88. The Bertz CT molecular complexity index is 431. The second-order valence-electron chi connectivity index (χ2n) is 3.45. The summed E-state index contributed by atoms with van der Waals surface area (Å²) in [6.07, 6.45) is 3.66. The molecule has 2 aromatic rings. The van der Waals surface area contributed by atoms with E-state index in [9.17, 15) is 0 Å². The van der Waals surface area contributed by atoms with Gasteiger partial charge in [0.1, 0.15) is 5.65 Å². The minimum Gasteiger partial charge on any atom is -0.346 e. The van der Waals surface area contributed by atoms with Crippen LogP contribution in [0.5, 0.6) is 0 Å². The number of pyridine rings is 1. The number of H-pyrrole nitrogens is 1. The Morgan fingerprint density at radius 1 is 1.46 bits per heavy atom. The van der Waals surface area contributed by atoms with E-state index in [0.29, 0.717) is 10.9 Å². The molecule has 2 aromatic heterocycles. The summed E-state index contributed by atoms with van der Waals surface area (Å²) in [5, 5.41) is 1.82. The van der Waals surface area contributed by atoms with Crippen molar-refractivity contribution in [1.29, 1.82) is 0 Å². The van der Waals surface area contributed by atoms with Gasteiger partial charge in [-0.05, 0) is 17.5 Å². The minimum absolute atomic E-state index is 0.494. The Labute approximate surface area is 81.9 Å². The van der Waals surface area contributed by atoms with E-state index in [1.165, 1.54) is 5.56 Å². The molecule has 0 aromatic carbocycles. The Morgan fingerprint density at radius 2 is 2.23 bits per heavy atom. The topological polar surface area (TPSA) is 28.7 Å². The summed E-state index contributed by atoms with van der Waals surface area (Å²) in [5.74, 6) is 0.494. The molecule has 2 heterocycles. The van der Waals surface area contributed by atoms with Crippen molar-refractivity contribution >= 4 is 22.6 Å². The maximum Gasteiger partial charge on any atom is 0.137 e. The second-order valence-corrected chi connectivity index (χ2v) is 3.88. The van der Waals surface area contributed by atoms with Gasteiger partial charge in [0.2, 0.25) is 0 Å². The fourth-order valence-corrected chi connectivity index (χ4v) is 1.63. The number of nitrogens with one attached hydrogen (secondary N) is 1. The Hall–Kier alpha value is -1.02. The van der Waals surface area contributed by atoms with E-state index >= 15 is 0 Å². The lowest BCUT2D eigenvalue weighted by Crippen LogP contribution is -1.84. The fourth-order valence-electron chi connectivity index (χ4n) is 1.48. The van der Waals surface area contributed by atoms with Crippen LogP contribution in [0.1, 0.15) is 25.3 Å². The SMILES string of the molecule is CC(C)c1c[nH]c2ncc(Cl)cc12. The van der Waals surface area contributed by atoms with E-state index in [2.05, 4.69) is 23.8 Å². The predicted molar refractivity (Wildman–Crippen MR) is 55.2 cm³/mol. The molecule has 68 valence electrons. The molecule has 0 saturated heterocycles. The normalized spacial score (nSPS) is 11.4. The highest BCUT2D eigenvalue weighted by atomic mass is 35.5. The van der Waals surface area contributed by atoms with Crippen molar-refractivity contribution in [1.82, 2.24) is 9.97 Å². The van der Waals surface area contributed by atoms with E-state index in [0.717, 1.165) is 11.0 Å². The monoisotopic (exact) mass is 194 g/mol. The molecule has 0 aliphatic heterocycles. The first-order valence-corrected chi connectivity index (χ1v) is 4.69. The van der Waals surface area contributed by atoms with Crippen molar-refractivity contribution in [3.05, 3.63) is 29.0 Å². The van der Waals surface area contributed by atoms with Crippen molar-refractivity contribution in [2.75, 3.05) is 0 Å². The zero-order chi connectivity index (χ0) is 9.42. The highest BCUT2D eigenvalue weighted by molar-refractivity contribution is 6.31. The van der Waals surface area contributed by atoms with E-state index < -0.39 is 0 Å². The highest BCUT2D eigenvalue weighted by Crippen LogP contribution is 2.25. The lowest BCUT2D eigenvalue weighted by molar-refractivity contribution is 0.875. The largest absolute Gasteiger partial charge is 0.346 e. The van der Waals surface area contributed by atoms with Gasteiger partial charge in [-0.2, -0.15) is 0 Å². The molecule has 0 saturated carbocycles. The van der Waals surface area contributed by atoms with Crippen molar-refractivity contribution < 1.29 is 0 Å². The third-order valence-electron chi connectivity index (χ3n) is 2.15. The van der Waals surface area contributed by atoms with Gasteiger partial charge in [-0.25, -0.2) is 4.98 Å². The van der Waals surface area contributed by atoms with Crippen LogP contribution in [0.3, 0.4) is 0 Å². The third kappa shape index (κ3) is 1.42. The molecule has 0 bridgehead atoms. The van der Waals surface area contributed by atoms with Crippen LogP contribution in [0, 0.1) is 0 Å². The first-order chi connectivity index (χ1) is 6.18. The van der Waals surface area contributed by atoms with Gasteiger partial charge >= 0.3 is 0 Å². The number of halogens is 1. The number of fused-ring (bicyclic) bond motifs is 1. The lowest BCUT2D eigenvalue weighted by Gasteiger charge is -2.01. The van der Waals surface area contributed by atoms with Crippen molar-refractivity contribution in [3.63, 3.8) is 0 Å². The molecule has 2 rings (SSSR count). The average Bonchev–Trinajstić information content (AvgIpc) is 2.46. The molecule has 0 aliphatic rings. The molecule has 0 atom stereocenters. The molecule has 13 heavy (non-hydrogen) atoms. The first-order valence-electron chi connectivity index (χ1n) is 4.31. The van der Waals surface area contributed by atoms with E-state index in [1.807, 2.05) is 12.3 Å². The van der Waals surface area contributed by atoms with Gasteiger partial charge in [-0.3, -0.25) is 0 Å². The van der Waals surface area contributed by atoms with Crippen LogP contribution in [-0.4, -0.2) is 9.97 Å². The summed E-state index contributed by atoms with van der Waals surface area (Å²) < 4.78 is 0. The van der Waals surface area contributed by atoms with E-state index in [1.54, 1.807) is 6.20 Å². The lowest BCUT2D eigenvalue weighted by atomic mass is 10.0. The van der Waals surface area contributed by atoms with Crippen LogP contribution >= 0.6 is 11.6 Å². The van der Waals surface area contributed by atoms with Gasteiger partial charge in [0.05, 0.1) is 5.02 Å². The number of aromatic amines is 1. The molecular weight excluding hydrogens is 184 g/mol. The summed E-state index contributed by atoms with van der Waals surface area (Å²) in [4.78, 5) is 7.32. The van der Waals surface area contributed by atoms with Gasteiger partial charge < -0.3 is 4.98 Å². The van der Waals surface area contributed by atoms with Gasteiger partial charge in [0.25, 0.3) is 0 Å². The van der Waals surface area contributed by atoms with Crippen molar-refractivity contribution in [3.8, 4) is 0 Å². The number of hydrogen-bond donors (Lipinski definition) is 1. The summed E-state index contributed by atoms with van der Waals surface area (Å²) in [5.41, 5.74) is 2.18. The molecule has 0 amide bonds. The molecule has 0 aliphatic carbocycles. The summed E-state index contributed by atoms with van der Waals surface area (Å²) >= 11 is 5.88. The van der Waals surface area contributed by atoms with Crippen LogP contribution in [0.15, 0.2) is 18.5 Å². The third-order valence-corrected chi connectivity index (χ3v) is 2.36. The van der Waals surface area contributed by atoms with Crippen molar-refractivity contribution in [2.24, 2.45) is 0 Å². The van der Waals surface area contributed by atoms with Gasteiger partial charge in [0.15, 0.2) is 0 Å². The Balaban J connectivity index is 2.71. The zero-order valence-electron chi connectivity index (χ0n) is 7.63. The quantitative estimate of drug-likeness (QED) is 0.741. The van der Waals surface area contributed by atoms with Crippen molar-refractivity contribution in [2.45, 2.75) is 19.8 Å². The molecule has 0 unspecified atom stereocenters. The molecule has 0 fully saturated rings. The maximum absolute atomic E-state index is 5.88. The fraction of sp³-hybridized carbons (Fsp3) is 0.300. The summed E-state index contributed by atoms with van der Waals surface area (Å²) in [7, 11) is 0. The molecule has 0 radical (unpaired) electrons. The highest BCUT2D eigenvalue weighted by Gasteiger charge is 2.07. The number of nitrogens with zero attached hydrogens (tertiary/aromatic N) is 1. The number of aromatic nitrogens is 2. The molecule has 3 heteroatoms.